The zero-order valence-electron chi connectivity index (χ0n) is 11.0. The molecule has 0 saturated carbocycles. The molecule has 1 atom stereocenters. The molecule has 6 nitrogen and oxygen atoms in total. The first-order valence-corrected chi connectivity index (χ1v) is 5.67. The topological polar surface area (TPSA) is 116 Å². The van der Waals surface area contributed by atoms with Crippen molar-refractivity contribution in [3.05, 3.63) is 22.6 Å². The molecule has 19 heavy (non-hydrogen) atoms. The van der Waals surface area contributed by atoms with E-state index in [0.29, 0.717) is 6.61 Å². The highest BCUT2D eigenvalue weighted by molar-refractivity contribution is 5.59. The second kappa shape index (κ2) is 5.44. The lowest BCUT2D eigenvalue weighted by atomic mass is 9.96. The lowest BCUT2D eigenvalue weighted by molar-refractivity contribution is -0.171. The van der Waals surface area contributed by atoms with E-state index in [9.17, 15) is 0 Å². The van der Waals surface area contributed by atoms with Crippen LogP contribution in [0.1, 0.15) is 20.8 Å². The van der Waals surface area contributed by atoms with Gasteiger partial charge in [-0.3, -0.25) is 0 Å². The van der Waals surface area contributed by atoms with Gasteiger partial charge in [-0.1, -0.05) is 13.8 Å². The molecule has 0 aliphatic carbocycles. The summed E-state index contributed by atoms with van der Waals surface area (Å²) in [5.74, 6) is -1.28. The fourth-order valence-corrected chi connectivity index (χ4v) is 1.69. The van der Waals surface area contributed by atoms with Gasteiger partial charge < -0.3 is 15.2 Å². The molecule has 0 radical (unpaired) electrons. The molecule has 0 aromatic heterocycles. The third-order valence-corrected chi connectivity index (χ3v) is 2.53. The Balaban J connectivity index is 3.32. The highest BCUT2D eigenvalue weighted by atomic mass is 16.7. The normalized spacial score (nSPS) is 21.6. The van der Waals surface area contributed by atoms with Crippen molar-refractivity contribution in [2.45, 2.75) is 26.6 Å². The molecule has 0 amide bonds. The monoisotopic (exact) mass is 258 g/mol. The summed E-state index contributed by atoms with van der Waals surface area (Å²) < 4.78 is 10.9. The van der Waals surface area contributed by atoms with Crippen LogP contribution in [0.25, 0.3) is 0 Å². The second-order valence-corrected chi connectivity index (χ2v) is 4.58. The highest BCUT2D eigenvalue weighted by Gasteiger charge is 2.45. The molecule has 98 valence electrons. The number of allylic oxidation sites excluding steroid dienone is 1. The summed E-state index contributed by atoms with van der Waals surface area (Å²) in [6.07, 6.45) is 0. The van der Waals surface area contributed by atoms with Crippen molar-refractivity contribution < 1.29 is 9.47 Å². The number of nitrogens with zero attached hydrogens (tertiary/aromatic N) is 3. The fourth-order valence-electron chi connectivity index (χ4n) is 1.69. The van der Waals surface area contributed by atoms with E-state index < -0.39 is 5.79 Å². The smallest absolute Gasteiger partial charge is 0.239 e. The van der Waals surface area contributed by atoms with E-state index in [1.165, 1.54) is 6.92 Å². The van der Waals surface area contributed by atoms with Crippen molar-refractivity contribution in [3.63, 3.8) is 0 Å². The number of hydrogen-bond acceptors (Lipinski definition) is 6. The molecule has 0 aromatic carbocycles. The summed E-state index contributed by atoms with van der Waals surface area (Å²) >= 11 is 0. The van der Waals surface area contributed by atoms with Crippen molar-refractivity contribution in [1.82, 2.24) is 0 Å². The molecule has 0 spiro atoms. The van der Waals surface area contributed by atoms with Gasteiger partial charge >= 0.3 is 0 Å². The minimum Gasteiger partial charge on any atom is -0.442 e. The largest absolute Gasteiger partial charge is 0.442 e. The molecule has 6 heteroatoms. The maximum atomic E-state index is 9.08. The van der Waals surface area contributed by atoms with E-state index in [1.807, 2.05) is 19.9 Å². The maximum absolute atomic E-state index is 9.08. The van der Waals surface area contributed by atoms with Crippen LogP contribution in [0.3, 0.4) is 0 Å². The van der Waals surface area contributed by atoms with Gasteiger partial charge in [0.05, 0.1) is 12.2 Å². The number of nitrogens with two attached hydrogens (primary N) is 1. The maximum Gasteiger partial charge on any atom is 0.239 e. The molecule has 1 aliphatic heterocycles. The van der Waals surface area contributed by atoms with Gasteiger partial charge in [0, 0.05) is 6.92 Å². The van der Waals surface area contributed by atoms with Gasteiger partial charge in [0.15, 0.2) is 0 Å². The molecule has 0 aromatic rings. The summed E-state index contributed by atoms with van der Waals surface area (Å²) in [6, 6.07) is 5.32. The van der Waals surface area contributed by atoms with Gasteiger partial charge in [-0.25, -0.2) is 0 Å². The van der Waals surface area contributed by atoms with Gasteiger partial charge in [-0.2, -0.15) is 15.8 Å². The zero-order chi connectivity index (χ0) is 14.6. The summed E-state index contributed by atoms with van der Waals surface area (Å²) in [4.78, 5) is 0. The molecule has 1 aliphatic rings. The average molecular weight is 258 g/mol. The van der Waals surface area contributed by atoms with Gasteiger partial charge in [0.25, 0.3) is 0 Å². The predicted molar refractivity (Wildman–Crippen MR) is 65.4 cm³/mol. The van der Waals surface area contributed by atoms with Crippen molar-refractivity contribution >= 4 is 0 Å². The molecular formula is C13H14N4O2. The molecule has 0 saturated heterocycles. The first-order valence-electron chi connectivity index (χ1n) is 5.67. The zero-order valence-corrected chi connectivity index (χ0v) is 11.0. The molecule has 2 N–H and O–H groups in total. The molecule has 1 heterocycles. The number of rotatable bonds is 3. The van der Waals surface area contributed by atoms with Gasteiger partial charge in [-0.15, -0.1) is 0 Å². The molecule has 0 bridgehead atoms. The molecule has 0 unspecified atom stereocenters. The lowest BCUT2D eigenvalue weighted by Gasteiger charge is -2.27. The Labute approximate surface area is 111 Å². The van der Waals surface area contributed by atoms with E-state index in [1.54, 1.807) is 12.1 Å². The van der Waals surface area contributed by atoms with E-state index in [-0.39, 0.29) is 28.5 Å². The van der Waals surface area contributed by atoms with Crippen LogP contribution in [0.2, 0.25) is 0 Å². The Morgan fingerprint density at radius 2 is 1.95 bits per heavy atom. The van der Waals surface area contributed by atoms with Gasteiger partial charge in [0.2, 0.25) is 11.7 Å². The minimum absolute atomic E-state index is 0.0237. The first kappa shape index (κ1) is 14.6. The standard InChI is InChI=1S/C13H14N4O2/c1-8(2)7-18-13(3)11(9(4-14)5-15)10(6-16)12(17)19-13/h8H,7,17H2,1-3H3/t13-/m1/s1. The van der Waals surface area contributed by atoms with E-state index in [2.05, 4.69) is 0 Å². The van der Waals surface area contributed by atoms with Crippen LogP contribution in [0.15, 0.2) is 22.6 Å². The molecule has 0 fully saturated rings. The average Bonchev–Trinajstić information content (AvgIpc) is 2.61. The predicted octanol–water partition coefficient (Wildman–Crippen LogP) is 1.44. The summed E-state index contributed by atoms with van der Waals surface area (Å²) in [5, 5.41) is 27.0. The molecular weight excluding hydrogens is 244 g/mol. The second-order valence-electron chi connectivity index (χ2n) is 4.58. The lowest BCUT2D eigenvalue weighted by Crippen LogP contribution is -2.33. The SMILES string of the molecule is CC(C)CO[C@]1(C)OC(N)=C(C#N)C1=C(C#N)C#N. The quantitative estimate of drug-likeness (QED) is 0.765. The van der Waals surface area contributed by atoms with E-state index >= 15 is 0 Å². The van der Waals surface area contributed by atoms with Crippen LogP contribution < -0.4 is 5.73 Å². The van der Waals surface area contributed by atoms with Crippen LogP contribution in [-0.4, -0.2) is 12.4 Å². The van der Waals surface area contributed by atoms with Crippen LogP contribution >= 0.6 is 0 Å². The van der Waals surface area contributed by atoms with Crippen molar-refractivity contribution in [3.8, 4) is 18.2 Å². The summed E-state index contributed by atoms with van der Waals surface area (Å²) in [7, 11) is 0. The number of ether oxygens (including phenoxy) is 2. The van der Waals surface area contributed by atoms with Crippen LogP contribution in [-0.2, 0) is 9.47 Å². The Hall–Kier alpha value is -2.49. The summed E-state index contributed by atoms with van der Waals surface area (Å²) in [5.41, 5.74) is 5.45. The van der Waals surface area contributed by atoms with Crippen molar-refractivity contribution in [2.24, 2.45) is 11.7 Å². The number of nitriles is 3. The number of hydrogen-bond donors (Lipinski definition) is 1. The van der Waals surface area contributed by atoms with Crippen molar-refractivity contribution in [2.75, 3.05) is 6.61 Å². The van der Waals surface area contributed by atoms with Crippen molar-refractivity contribution in [1.29, 1.82) is 15.8 Å². The molecule has 1 rings (SSSR count). The third kappa shape index (κ3) is 2.68. The highest BCUT2D eigenvalue weighted by Crippen LogP contribution is 2.39. The first-order chi connectivity index (χ1) is 8.89. The van der Waals surface area contributed by atoms with Crippen LogP contribution in [0.4, 0.5) is 0 Å². The van der Waals surface area contributed by atoms with Gasteiger partial charge in [0.1, 0.15) is 29.4 Å². The summed E-state index contributed by atoms with van der Waals surface area (Å²) in [6.45, 7) is 5.77. The fraction of sp³-hybridized carbons (Fsp3) is 0.462. The Morgan fingerprint density at radius 3 is 2.37 bits per heavy atom. The Morgan fingerprint density at radius 1 is 1.37 bits per heavy atom. The van der Waals surface area contributed by atoms with Crippen LogP contribution in [0.5, 0.6) is 0 Å². The van der Waals surface area contributed by atoms with E-state index in [4.69, 9.17) is 31.0 Å². The Bertz CT molecular complexity index is 553. The van der Waals surface area contributed by atoms with E-state index in [0.717, 1.165) is 0 Å². The third-order valence-electron chi connectivity index (χ3n) is 2.53. The van der Waals surface area contributed by atoms with Crippen LogP contribution in [0, 0.1) is 39.9 Å². The Kier molecular flexibility index (Phi) is 4.17. The minimum atomic E-state index is -1.37. The van der Waals surface area contributed by atoms with Gasteiger partial charge in [-0.05, 0) is 5.92 Å².